The molecule has 0 fully saturated rings. The van der Waals surface area contributed by atoms with Crippen molar-refractivity contribution in [3.05, 3.63) is 51.7 Å². The van der Waals surface area contributed by atoms with Gasteiger partial charge in [0, 0.05) is 23.5 Å². The number of thiophene rings is 1. The van der Waals surface area contributed by atoms with E-state index in [1.165, 1.54) is 10.6 Å². The lowest BCUT2D eigenvalue weighted by molar-refractivity contribution is 0.0786. The molecule has 0 saturated carbocycles. The van der Waals surface area contributed by atoms with Crippen LogP contribution in [0.25, 0.3) is 0 Å². The second kappa shape index (κ2) is 6.22. The largest absolute Gasteiger partial charge is 0.337 e. The number of nitrogens with zero attached hydrogens (tertiary/aromatic N) is 2. The normalized spacial score (nSPS) is 17.0. The summed E-state index contributed by atoms with van der Waals surface area (Å²) in [4.78, 5) is 15.4. The highest BCUT2D eigenvalue weighted by Crippen LogP contribution is 2.34. The van der Waals surface area contributed by atoms with Crippen LogP contribution in [-0.4, -0.2) is 38.6 Å². The molecule has 1 aromatic carbocycles. The Balaban J connectivity index is 1.84. The van der Waals surface area contributed by atoms with Crippen LogP contribution in [0, 0.1) is 0 Å². The van der Waals surface area contributed by atoms with Crippen molar-refractivity contribution in [3.63, 3.8) is 0 Å². The van der Waals surface area contributed by atoms with Crippen LogP contribution in [0.5, 0.6) is 0 Å². The van der Waals surface area contributed by atoms with Crippen LogP contribution in [-0.2, 0) is 23.0 Å². The van der Waals surface area contributed by atoms with Gasteiger partial charge >= 0.3 is 0 Å². The molecule has 128 valence electrons. The fourth-order valence-electron chi connectivity index (χ4n) is 3.17. The van der Waals surface area contributed by atoms with Crippen molar-refractivity contribution in [1.29, 1.82) is 0 Å². The molecule has 1 aromatic heterocycles. The van der Waals surface area contributed by atoms with Crippen LogP contribution < -0.4 is 4.31 Å². The van der Waals surface area contributed by atoms with Gasteiger partial charge in [-0.3, -0.25) is 9.10 Å². The molecule has 0 radical (unpaired) electrons. The maximum absolute atomic E-state index is 12.6. The Bertz CT molecular complexity index is 860. The number of anilines is 1. The van der Waals surface area contributed by atoms with Gasteiger partial charge in [0.2, 0.25) is 10.0 Å². The highest BCUT2D eigenvalue weighted by atomic mass is 32.2. The van der Waals surface area contributed by atoms with Crippen molar-refractivity contribution in [2.75, 3.05) is 17.6 Å². The van der Waals surface area contributed by atoms with E-state index in [2.05, 4.69) is 0 Å². The van der Waals surface area contributed by atoms with Crippen molar-refractivity contribution in [3.8, 4) is 0 Å². The Morgan fingerprint density at radius 3 is 2.75 bits per heavy atom. The van der Waals surface area contributed by atoms with Crippen LogP contribution in [0.2, 0.25) is 0 Å². The first-order chi connectivity index (χ1) is 11.3. The van der Waals surface area contributed by atoms with Gasteiger partial charge in [0.05, 0.1) is 18.5 Å². The minimum atomic E-state index is -3.31. The van der Waals surface area contributed by atoms with Crippen molar-refractivity contribution in [2.24, 2.45) is 0 Å². The third-order valence-corrected chi connectivity index (χ3v) is 6.29. The van der Waals surface area contributed by atoms with E-state index in [1.807, 2.05) is 30.5 Å². The molecule has 1 amide bonds. The zero-order chi connectivity index (χ0) is 17.5. The summed E-state index contributed by atoms with van der Waals surface area (Å²) < 4.78 is 25.4. The maximum Gasteiger partial charge on any atom is 0.253 e. The van der Waals surface area contributed by atoms with Crippen molar-refractivity contribution >= 4 is 33.0 Å². The molecule has 1 unspecified atom stereocenters. The van der Waals surface area contributed by atoms with Gasteiger partial charge < -0.3 is 4.90 Å². The molecule has 2 heterocycles. The predicted molar refractivity (Wildman–Crippen MR) is 97.0 cm³/mol. The number of hydrogen-bond acceptors (Lipinski definition) is 4. The van der Waals surface area contributed by atoms with Gasteiger partial charge in [0.15, 0.2) is 0 Å². The van der Waals surface area contributed by atoms with Crippen LogP contribution in [0.3, 0.4) is 0 Å². The Labute approximate surface area is 146 Å². The average molecular weight is 364 g/mol. The summed E-state index contributed by atoms with van der Waals surface area (Å²) >= 11 is 1.62. The smallest absolute Gasteiger partial charge is 0.253 e. The van der Waals surface area contributed by atoms with Crippen LogP contribution in [0.1, 0.15) is 27.7 Å². The van der Waals surface area contributed by atoms with E-state index in [1.54, 1.807) is 35.4 Å². The van der Waals surface area contributed by atoms with E-state index in [4.69, 9.17) is 0 Å². The SMILES string of the molecule is CC1Cc2cc(C(=O)N(C)Cc3cccs3)ccc2N1S(C)(=O)=O. The Morgan fingerprint density at radius 2 is 2.12 bits per heavy atom. The topological polar surface area (TPSA) is 57.7 Å². The quantitative estimate of drug-likeness (QED) is 0.838. The molecule has 2 aromatic rings. The molecule has 24 heavy (non-hydrogen) atoms. The van der Waals surface area contributed by atoms with Crippen LogP contribution in [0.4, 0.5) is 5.69 Å². The van der Waals surface area contributed by atoms with E-state index in [0.717, 1.165) is 10.4 Å². The Kier molecular flexibility index (Phi) is 4.40. The maximum atomic E-state index is 12.6. The van der Waals surface area contributed by atoms with Crippen LogP contribution in [0.15, 0.2) is 35.7 Å². The van der Waals surface area contributed by atoms with E-state index in [9.17, 15) is 13.2 Å². The lowest BCUT2D eigenvalue weighted by Crippen LogP contribution is -2.34. The van der Waals surface area contributed by atoms with E-state index in [-0.39, 0.29) is 11.9 Å². The van der Waals surface area contributed by atoms with Gasteiger partial charge in [-0.05, 0) is 48.6 Å². The molecule has 1 aliphatic rings. The second-order valence-corrected chi connectivity index (χ2v) is 9.09. The van der Waals surface area contributed by atoms with Gasteiger partial charge in [-0.1, -0.05) is 6.07 Å². The first-order valence-corrected chi connectivity index (χ1v) is 10.4. The molecule has 0 bridgehead atoms. The second-order valence-electron chi connectivity index (χ2n) is 6.20. The molecular weight excluding hydrogens is 344 g/mol. The molecule has 0 aliphatic carbocycles. The van der Waals surface area contributed by atoms with Gasteiger partial charge in [-0.2, -0.15) is 0 Å². The molecule has 5 nitrogen and oxygen atoms in total. The predicted octanol–water partition coefficient (Wildman–Crippen LogP) is 2.73. The fourth-order valence-corrected chi connectivity index (χ4v) is 5.19. The summed E-state index contributed by atoms with van der Waals surface area (Å²) in [5.41, 5.74) is 2.18. The third kappa shape index (κ3) is 3.18. The van der Waals surface area contributed by atoms with Gasteiger partial charge in [-0.25, -0.2) is 8.42 Å². The van der Waals surface area contributed by atoms with Gasteiger partial charge in [-0.15, -0.1) is 11.3 Å². The standard InChI is InChI=1S/C17H20N2O3S2/c1-12-9-14-10-13(6-7-16(14)19(12)24(3,21)22)17(20)18(2)11-15-5-4-8-23-15/h4-8,10,12H,9,11H2,1-3H3. The van der Waals surface area contributed by atoms with E-state index >= 15 is 0 Å². The summed E-state index contributed by atoms with van der Waals surface area (Å²) in [6, 6.07) is 9.13. The molecule has 0 spiro atoms. The molecular formula is C17H20N2O3S2. The number of amides is 1. The van der Waals surface area contributed by atoms with E-state index < -0.39 is 10.0 Å². The number of benzene rings is 1. The summed E-state index contributed by atoms with van der Waals surface area (Å²) in [6.07, 6.45) is 1.84. The summed E-state index contributed by atoms with van der Waals surface area (Å²) in [5.74, 6) is -0.0586. The van der Waals surface area contributed by atoms with Crippen LogP contribution >= 0.6 is 11.3 Å². The Morgan fingerprint density at radius 1 is 1.38 bits per heavy atom. The number of fused-ring (bicyclic) bond motifs is 1. The highest BCUT2D eigenvalue weighted by molar-refractivity contribution is 7.92. The van der Waals surface area contributed by atoms with Crippen molar-refractivity contribution < 1.29 is 13.2 Å². The summed E-state index contributed by atoms with van der Waals surface area (Å²) in [6.45, 7) is 2.45. The highest BCUT2D eigenvalue weighted by Gasteiger charge is 2.33. The van der Waals surface area contributed by atoms with Gasteiger partial charge in [0.1, 0.15) is 0 Å². The number of carbonyl (C=O) groups excluding carboxylic acids is 1. The lowest BCUT2D eigenvalue weighted by Gasteiger charge is -2.22. The molecule has 3 rings (SSSR count). The minimum Gasteiger partial charge on any atom is -0.337 e. The molecule has 7 heteroatoms. The molecule has 1 aliphatic heterocycles. The number of hydrogen-bond donors (Lipinski definition) is 0. The lowest BCUT2D eigenvalue weighted by atomic mass is 10.1. The first kappa shape index (κ1) is 17.0. The fraction of sp³-hybridized carbons (Fsp3) is 0.353. The summed E-state index contributed by atoms with van der Waals surface area (Å²) in [7, 11) is -1.53. The van der Waals surface area contributed by atoms with Crippen molar-refractivity contribution in [2.45, 2.75) is 25.9 Å². The zero-order valence-corrected chi connectivity index (χ0v) is 15.5. The molecule has 0 N–H and O–H groups in total. The number of sulfonamides is 1. The Hall–Kier alpha value is -1.86. The van der Waals surface area contributed by atoms with Crippen molar-refractivity contribution in [1.82, 2.24) is 4.90 Å². The van der Waals surface area contributed by atoms with Gasteiger partial charge in [0.25, 0.3) is 5.91 Å². The first-order valence-electron chi connectivity index (χ1n) is 7.67. The average Bonchev–Trinajstić information content (AvgIpc) is 3.10. The molecule has 1 atom stereocenters. The van der Waals surface area contributed by atoms with E-state index in [0.29, 0.717) is 24.2 Å². The number of carbonyl (C=O) groups is 1. The monoisotopic (exact) mass is 364 g/mol. The molecule has 0 saturated heterocycles. The number of rotatable bonds is 4. The zero-order valence-electron chi connectivity index (χ0n) is 13.9. The third-order valence-electron chi connectivity index (χ3n) is 4.16. The minimum absolute atomic E-state index is 0.0586. The summed E-state index contributed by atoms with van der Waals surface area (Å²) in [5, 5.41) is 1.99.